The molecule has 8 heteroatoms. The Morgan fingerprint density at radius 2 is 2.24 bits per heavy atom. The van der Waals surface area contributed by atoms with Crippen LogP contribution in [0.3, 0.4) is 0 Å². The molecule has 0 bridgehead atoms. The monoisotopic (exact) mass is 362 g/mol. The van der Waals surface area contributed by atoms with Crippen LogP contribution in [-0.2, 0) is 16.0 Å². The lowest BCUT2D eigenvalue weighted by Crippen LogP contribution is -2.06. The van der Waals surface area contributed by atoms with Crippen LogP contribution in [0.25, 0.3) is 16.2 Å². The van der Waals surface area contributed by atoms with Gasteiger partial charge >= 0.3 is 5.97 Å². The molecular weight excluding hydrogens is 347 g/mol. The van der Waals surface area contributed by atoms with E-state index in [0.29, 0.717) is 34.8 Å². The minimum atomic E-state index is -0.531. The number of halogens is 1. The molecule has 1 aromatic carbocycles. The molecule has 6 nitrogen and oxygen atoms in total. The number of aldehydes is 1. The number of nitrogens with zero attached hydrogens (tertiary/aromatic N) is 2. The lowest BCUT2D eigenvalue weighted by molar-refractivity contribution is -0.142. The Bertz CT molecular complexity index is 948. The highest BCUT2D eigenvalue weighted by Crippen LogP contribution is 2.30. The predicted molar refractivity (Wildman–Crippen MR) is 90.7 cm³/mol. The van der Waals surface area contributed by atoms with E-state index in [0.717, 1.165) is 4.88 Å². The molecule has 0 radical (unpaired) electrons. The predicted octanol–water partition coefficient (Wildman–Crippen LogP) is 3.13. The van der Waals surface area contributed by atoms with Gasteiger partial charge in [-0.05, 0) is 25.1 Å². The number of benzene rings is 1. The first-order valence-electron chi connectivity index (χ1n) is 7.52. The molecule has 0 spiro atoms. The Morgan fingerprint density at radius 1 is 1.44 bits per heavy atom. The molecule has 0 aliphatic rings. The number of fused-ring (bicyclic) bond motifs is 1. The largest absolute Gasteiger partial charge is 0.494 e. The molecule has 0 saturated heterocycles. The third-order valence-corrected chi connectivity index (χ3v) is 4.55. The van der Waals surface area contributed by atoms with Crippen LogP contribution in [0.2, 0.25) is 0 Å². The lowest BCUT2D eigenvalue weighted by Gasteiger charge is -2.04. The third kappa shape index (κ3) is 3.25. The smallest absolute Gasteiger partial charge is 0.311 e. The van der Waals surface area contributed by atoms with Gasteiger partial charge < -0.3 is 9.47 Å². The maximum absolute atomic E-state index is 13.9. The van der Waals surface area contributed by atoms with Gasteiger partial charge in [-0.1, -0.05) is 0 Å². The van der Waals surface area contributed by atoms with Gasteiger partial charge in [0, 0.05) is 16.6 Å². The van der Waals surface area contributed by atoms with Gasteiger partial charge in [-0.15, -0.1) is 11.3 Å². The highest BCUT2D eigenvalue weighted by atomic mass is 32.1. The summed E-state index contributed by atoms with van der Waals surface area (Å²) in [7, 11) is 1.38. The van der Waals surface area contributed by atoms with Crippen molar-refractivity contribution in [3.05, 3.63) is 40.8 Å². The minimum Gasteiger partial charge on any atom is -0.494 e. The zero-order valence-corrected chi connectivity index (χ0v) is 14.4. The van der Waals surface area contributed by atoms with Gasteiger partial charge in [0.25, 0.3) is 0 Å². The highest BCUT2D eigenvalue weighted by molar-refractivity contribution is 7.17. The van der Waals surface area contributed by atoms with Crippen LogP contribution < -0.4 is 4.74 Å². The minimum absolute atomic E-state index is 0.118. The van der Waals surface area contributed by atoms with Crippen LogP contribution in [-0.4, -0.2) is 35.4 Å². The van der Waals surface area contributed by atoms with Crippen LogP contribution in [0, 0.1) is 5.82 Å². The zero-order chi connectivity index (χ0) is 18.0. The van der Waals surface area contributed by atoms with Gasteiger partial charge in [-0.3, -0.25) is 14.0 Å². The summed E-state index contributed by atoms with van der Waals surface area (Å²) in [6.45, 7) is 2.05. The van der Waals surface area contributed by atoms with E-state index < -0.39 is 5.82 Å². The number of rotatable bonds is 6. The van der Waals surface area contributed by atoms with Crippen molar-refractivity contribution >= 4 is 28.6 Å². The van der Waals surface area contributed by atoms with Gasteiger partial charge in [-0.25, -0.2) is 9.37 Å². The molecule has 0 atom stereocenters. The second-order valence-corrected chi connectivity index (χ2v) is 6.24. The lowest BCUT2D eigenvalue weighted by atomic mass is 10.1. The Labute approximate surface area is 146 Å². The van der Waals surface area contributed by atoms with Crippen molar-refractivity contribution in [3.63, 3.8) is 0 Å². The highest BCUT2D eigenvalue weighted by Gasteiger charge is 2.18. The second-order valence-electron chi connectivity index (χ2n) is 5.14. The first kappa shape index (κ1) is 17.1. The summed E-state index contributed by atoms with van der Waals surface area (Å²) in [6, 6.07) is 4.40. The molecule has 0 N–H and O–H groups in total. The number of ether oxygens (including phenoxy) is 2. The van der Waals surface area contributed by atoms with Crippen molar-refractivity contribution in [1.29, 1.82) is 0 Å². The summed E-state index contributed by atoms with van der Waals surface area (Å²) in [5.74, 6) is -0.748. The number of carbonyl (C=O) groups excluding carboxylic acids is 2. The zero-order valence-electron chi connectivity index (χ0n) is 13.6. The number of hydrogen-bond acceptors (Lipinski definition) is 6. The van der Waals surface area contributed by atoms with E-state index >= 15 is 0 Å². The summed E-state index contributed by atoms with van der Waals surface area (Å²) < 4.78 is 25.4. The van der Waals surface area contributed by atoms with Gasteiger partial charge in [0.15, 0.2) is 22.8 Å². The standard InChI is InChI=1S/C17H15FN2O4S/c1-3-24-15(22)7-11-8-20-13(9-21)16(19-17(20)25-11)10-4-5-14(23-2)12(18)6-10/h4-6,8-9H,3,7H2,1-2H3. The number of carbonyl (C=O) groups is 2. The molecule has 3 aromatic rings. The average molecular weight is 362 g/mol. The molecule has 0 aliphatic heterocycles. The normalized spacial score (nSPS) is 10.8. The Hall–Kier alpha value is -2.74. The van der Waals surface area contributed by atoms with Crippen LogP contribution in [0.5, 0.6) is 5.75 Å². The fraction of sp³-hybridized carbons (Fsp3) is 0.235. The maximum atomic E-state index is 13.9. The quantitative estimate of drug-likeness (QED) is 0.498. The third-order valence-electron chi connectivity index (χ3n) is 3.57. The van der Waals surface area contributed by atoms with E-state index in [2.05, 4.69) is 4.98 Å². The molecule has 0 amide bonds. The van der Waals surface area contributed by atoms with Crippen molar-refractivity contribution in [2.45, 2.75) is 13.3 Å². The van der Waals surface area contributed by atoms with Gasteiger partial charge in [0.2, 0.25) is 0 Å². The molecule has 0 unspecified atom stereocenters. The van der Waals surface area contributed by atoms with E-state index in [4.69, 9.17) is 9.47 Å². The van der Waals surface area contributed by atoms with Gasteiger partial charge in [-0.2, -0.15) is 0 Å². The molecule has 3 rings (SSSR count). The van der Waals surface area contributed by atoms with Gasteiger partial charge in [0.05, 0.1) is 20.1 Å². The second kappa shape index (κ2) is 7.02. The summed E-state index contributed by atoms with van der Waals surface area (Å²) in [4.78, 5) is 28.8. The number of thiazole rings is 1. The number of esters is 1. The topological polar surface area (TPSA) is 69.9 Å². The number of methoxy groups -OCH3 is 1. The van der Waals surface area contributed by atoms with E-state index in [1.165, 1.54) is 30.6 Å². The number of imidazole rings is 1. The molecule has 2 heterocycles. The van der Waals surface area contributed by atoms with Crippen LogP contribution in [0.4, 0.5) is 4.39 Å². The number of hydrogen-bond donors (Lipinski definition) is 0. The molecule has 0 fully saturated rings. The first-order valence-corrected chi connectivity index (χ1v) is 8.34. The SMILES string of the molecule is CCOC(=O)Cc1cn2c(C=O)c(-c3ccc(OC)c(F)c3)nc2s1. The van der Waals surface area contributed by atoms with Crippen molar-refractivity contribution in [3.8, 4) is 17.0 Å². The fourth-order valence-electron chi connectivity index (χ4n) is 2.48. The molecule has 2 aromatic heterocycles. The van der Waals surface area contributed by atoms with Crippen LogP contribution in [0.1, 0.15) is 22.3 Å². The maximum Gasteiger partial charge on any atom is 0.311 e. The van der Waals surface area contributed by atoms with E-state index in [9.17, 15) is 14.0 Å². The Kier molecular flexibility index (Phi) is 4.80. The van der Waals surface area contributed by atoms with E-state index in [-0.39, 0.29) is 18.1 Å². The molecule has 25 heavy (non-hydrogen) atoms. The summed E-state index contributed by atoms with van der Waals surface area (Å²) in [6.07, 6.45) is 2.46. The number of aromatic nitrogens is 2. The van der Waals surface area contributed by atoms with Crippen molar-refractivity contribution in [2.75, 3.05) is 13.7 Å². The van der Waals surface area contributed by atoms with Crippen LogP contribution in [0.15, 0.2) is 24.4 Å². The Morgan fingerprint density at radius 3 is 2.88 bits per heavy atom. The fourth-order valence-corrected chi connectivity index (χ4v) is 3.45. The molecule has 0 aliphatic carbocycles. The van der Waals surface area contributed by atoms with Crippen molar-refractivity contribution in [2.24, 2.45) is 0 Å². The first-order chi connectivity index (χ1) is 12.1. The van der Waals surface area contributed by atoms with E-state index in [1.54, 1.807) is 23.6 Å². The Balaban J connectivity index is 2.00. The summed E-state index contributed by atoms with van der Waals surface area (Å²) >= 11 is 1.28. The van der Waals surface area contributed by atoms with Crippen molar-refractivity contribution < 1.29 is 23.5 Å². The molecule has 0 saturated carbocycles. The molecule has 130 valence electrons. The van der Waals surface area contributed by atoms with Crippen LogP contribution >= 0.6 is 11.3 Å². The summed E-state index contributed by atoms with van der Waals surface area (Å²) in [5.41, 5.74) is 1.15. The molecular formula is C17H15FN2O4S. The average Bonchev–Trinajstić information content (AvgIpc) is 3.11. The van der Waals surface area contributed by atoms with E-state index in [1.807, 2.05) is 0 Å². The van der Waals surface area contributed by atoms with Crippen molar-refractivity contribution in [1.82, 2.24) is 9.38 Å². The van der Waals surface area contributed by atoms with Gasteiger partial charge in [0.1, 0.15) is 11.4 Å². The summed E-state index contributed by atoms with van der Waals surface area (Å²) in [5, 5.41) is 0.